The Kier molecular flexibility index (Phi) is 8.69. The number of carbonyl (C=O) groups excluding carboxylic acids is 1. The molecule has 0 aliphatic heterocycles. The van der Waals surface area contributed by atoms with E-state index < -0.39 is 36.2 Å². The Morgan fingerprint density at radius 3 is 2.74 bits per heavy atom. The molecule has 0 aliphatic carbocycles. The summed E-state index contributed by atoms with van der Waals surface area (Å²) in [6.45, 7) is 0.702. The maximum atomic E-state index is 14.2. The predicted molar refractivity (Wildman–Crippen MR) is 109 cm³/mol. The maximum Gasteiger partial charge on any atom is 0.278 e. The largest absolute Gasteiger partial charge is 0.479 e. The SMILES string of the molecule is CC#CCOc1ccc(C(=O)Nc2cc(F)c(F)c(C(CF)CCOC(=N)N)c2)nc1. The first-order valence-electron chi connectivity index (χ1n) is 9.17. The van der Waals surface area contributed by atoms with Crippen molar-refractivity contribution in [2.24, 2.45) is 5.73 Å². The van der Waals surface area contributed by atoms with E-state index in [2.05, 4.69) is 22.1 Å². The van der Waals surface area contributed by atoms with Crippen LogP contribution < -0.4 is 15.8 Å². The van der Waals surface area contributed by atoms with E-state index in [1.165, 1.54) is 18.3 Å². The summed E-state index contributed by atoms with van der Waals surface area (Å²) in [5, 5.41) is 9.40. The average molecular weight is 434 g/mol. The number of anilines is 1. The van der Waals surface area contributed by atoms with Crippen molar-refractivity contribution < 1.29 is 27.4 Å². The lowest BCUT2D eigenvalue weighted by molar-refractivity contribution is 0.102. The quantitative estimate of drug-likeness (QED) is 0.318. The molecule has 7 nitrogen and oxygen atoms in total. The van der Waals surface area contributed by atoms with Gasteiger partial charge in [-0.3, -0.25) is 14.6 Å². The van der Waals surface area contributed by atoms with Crippen LogP contribution in [0.2, 0.25) is 0 Å². The highest BCUT2D eigenvalue weighted by Crippen LogP contribution is 2.28. The van der Waals surface area contributed by atoms with E-state index in [0.29, 0.717) is 5.75 Å². The molecule has 2 aromatic rings. The highest BCUT2D eigenvalue weighted by molar-refractivity contribution is 6.02. The molecule has 1 aromatic heterocycles. The van der Waals surface area contributed by atoms with Crippen LogP contribution in [0, 0.1) is 28.9 Å². The van der Waals surface area contributed by atoms with E-state index in [-0.39, 0.29) is 36.6 Å². The molecule has 0 saturated heterocycles. The van der Waals surface area contributed by atoms with E-state index >= 15 is 0 Å². The van der Waals surface area contributed by atoms with Gasteiger partial charge in [-0.15, -0.1) is 5.92 Å². The number of hydrogen-bond acceptors (Lipinski definition) is 5. The lowest BCUT2D eigenvalue weighted by Crippen LogP contribution is -2.18. The van der Waals surface area contributed by atoms with Crippen LogP contribution >= 0.6 is 0 Å². The highest BCUT2D eigenvalue weighted by atomic mass is 19.2. The summed E-state index contributed by atoms with van der Waals surface area (Å²) >= 11 is 0. The van der Waals surface area contributed by atoms with E-state index in [9.17, 15) is 18.0 Å². The van der Waals surface area contributed by atoms with Crippen molar-refractivity contribution in [3.8, 4) is 17.6 Å². The topological polar surface area (TPSA) is 110 Å². The van der Waals surface area contributed by atoms with Crippen molar-refractivity contribution in [2.45, 2.75) is 19.3 Å². The van der Waals surface area contributed by atoms with E-state index in [1.54, 1.807) is 6.92 Å². The van der Waals surface area contributed by atoms with Gasteiger partial charge in [0.1, 0.15) is 18.1 Å². The Labute approximate surface area is 177 Å². The normalized spacial score (nSPS) is 11.1. The molecule has 0 spiro atoms. The maximum absolute atomic E-state index is 14.2. The van der Waals surface area contributed by atoms with Crippen molar-refractivity contribution in [3.05, 3.63) is 53.4 Å². The van der Waals surface area contributed by atoms with Crippen molar-refractivity contribution >= 4 is 17.6 Å². The van der Waals surface area contributed by atoms with Gasteiger partial charge in [0.15, 0.2) is 11.6 Å². The minimum Gasteiger partial charge on any atom is -0.479 e. The number of amidine groups is 1. The van der Waals surface area contributed by atoms with Crippen LogP contribution in [0.1, 0.15) is 35.3 Å². The van der Waals surface area contributed by atoms with Crippen LogP contribution in [0.25, 0.3) is 0 Å². The molecule has 164 valence electrons. The van der Waals surface area contributed by atoms with Gasteiger partial charge in [0.2, 0.25) is 0 Å². The fraction of sp³-hybridized carbons (Fsp3) is 0.286. The summed E-state index contributed by atoms with van der Waals surface area (Å²) in [6.07, 6.45) is 1.28. The second kappa shape index (κ2) is 11.4. The number of nitrogens with zero attached hydrogens (tertiary/aromatic N) is 1. The van der Waals surface area contributed by atoms with Gasteiger partial charge >= 0.3 is 0 Å². The average Bonchev–Trinajstić information content (AvgIpc) is 2.74. The van der Waals surface area contributed by atoms with Gasteiger partial charge in [-0.05, 0) is 37.1 Å². The van der Waals surface area contributed by atoms with Crippen LogP contribution in [0.3, 0.4) is 0 Å². The van der Waals surface area contributed by atoms with Crippen LogP contribution in [0.4, 0.5) is 18.9 Å². The summed E-state index contributed by atoms with van der Waals surface area (Å²) < 4.78 is 51.8. The molecular formula is C21H21F3N4O3. The van der Waals surface area contributed by atoms with Crippen LogP contribution in [0.5, 0.6) is 5.75 Å². The van der Waals surface area contributed by atoms with Crippen LogP contribution in [0.15, 0.2) is 30.5 Å². The summed E-state index contributed by atoms with van der Waals surface area (Å²) in [5.41, 5.74) is 4.73. The van der Waals surface area contributed by atoms with Gasteiger partial charge < -0.3 is 20.5 Å². The molecule has 1 unspecified atom stereocenters. The number of amides is 1. The highest BCUT2D eigenvalue weighted by Gasteiger charge is 2.21. The molecule has 0 fully saturated rings. The zero-order chi connectivity index (χ0) is 22.8. The Bertz CT molecular complexity index is 988. The third kappa shape index (κ3) is 6.92. The predicted octanol–water partition coefficient (Wildman–Crippen LogP) is 3.37. The Balaban J connectivity index is 2.14. The third-order valence-electron chi connectivity index (χ3n) is 4.12. The van der Waals surface area contributed by atoms with Crippen molar-refractivity contribution in [3.63, 3.8) is 0 Å². The number of nitrogens with one attached hydrogen (secondary N) is 2. The second-order valence-corrected chi connectivity index (χ2v) is 6.26. The minimum atomic E-state index is -1.24. The first kappa shape index (κ1) is 23.5. The molecule has 1 atom stereocenters. The second-order valence-electron chi connectivity index (χ2n) is 6.26. The first-order valence-corrected chi connectivity index (χ1v) is 9.17. The number of halogens is 3. The first-order chi connectivity index (χ1) is 14.8. The number of ether oxygens (including phenoxy) is 2. The molecule has 1 heterocycles. The van der Waals surface area contributed by atoms with Crippen molar-refractivity contribution in [1.82, 2.24) is 4.98 Å². The molecule has 4 N–H and O–H groups in total. The molecule has 31 heavy (non-hydrogen) atoms. The number of rotatable bonds is 9. The standard InChI is InChI=1S/C21H21F3N4O3/c1-2-3-7-30-15-4-5-18(27-12-15)20(29)28-14-9-16(19(24)17(23)10-14)13(11-22)6-8-31-21(25)26/h4-5,9-10,12-13H,6-8,11H2,1H3,(H3,25,26)(H,28,29). The number of hydrogen-bond donors (Lipinski definition) is 3. The lowest BCUT2D eigenvalue weighted by Gasteiger charge is -2.17. The van der Waals surface area contributed by atoms with E-state index in [1.807, 2.05) is 0 Å². The van der Waals surface area contributed by atoms with Gasteiger partial charge in [0.25, 0.3) is 11.9 Å². The summed E-state index contributed by atoms with van der Waals surface area (Å²) in [4.78, 5) is 16.4. The van der Waals surface area contributed by atoms with Gasteiger partial charge in [-0.25, -0.2) is 13.8 Å². The Hall–Kier alpha value is -3.74. The lowest BCUT2D eigenvalue weighted by atomic mass is 9.96. The third-order valence-corrected chi connectivity index (χ3v) is 4.12. The summed E-state index contributed by atoms with van der Waals surface area (Å²) in [6, 6.07) is 4.29. The molecular weight excluding hydrogens is 413 g/mol. The van der Waals surface area contributed by atoms with Gasteiger partial charge in [0, 0.05) is 17.7 Å². The summed E-state index contributed by atoms with van der Waals surface area (Å²) in [7, 11) is 0. The van der Waals surface area contributed by atoms with Crippen molar-refractivity contribution in [2.75, 3.05) is 25.2 Å². The number of pyridine rings is 1. The zero-order valence-electron chi connectivity index (χ0n) is 16.7. The molecule has 0 aliphatic rings. The Morgan fingerprint density at radius 1 is 1.35 bits per heavy atom. The fourth-order valence-electron chi connectivity index (χ4n) is 2.59. The number of nitrogens with two attached hydrogens (primary N) is 1. The Morgan fingerprint density at radius 2 is 2.13 bits per heavy atom. The summed E-state index contributed by atoms with van der Waals surface area (Å²) in [5.74, 6) is 1.61. The van der Waals surface area contributed by atoms with Gasteiger partial charge in [-0.1, -0.05) is 5.92 Å². The van der Waals surface area contributed by atoms with Gasteiger partial charge in [-0.2, -0.15) is 0 Å². The van der Waals surface area contributed by atoms with E-state index in [0.717, 1.165) is 12.1 Å². The zero-order valence-corrected chi connectivity index (χ0v) is 16.7. The minimum absolute atomic E-state index is 0.0112. The monoisotopic (exact) mass is 434 g/mol. The number of aromatic nitrogens is 1. The van der Waals surface area contributed by atoms with Crippen molar-refractivity contribution in [1.29, 1.82) is 5.41 Å². The number of alkyl halides is 1. The molecule has 0 saturated carbocycles. The molecule has 1 aromatic carbocycles. The molecule has 0 radical (unpaired) electrons. The smallest absolute Gasteiger partial charge is 0.278 e. The number of benzene rings is 1. The van der Waals surface area contributed by atoms with Gasteiger partial charge in [0.05, 0.1) is 19.5 Å². The van der Waals surface area contributed by atoms with E-state index in [4.69, 9.17) is 20.6 Å². The molecule has 10 heteroatoms. The number of carbonyl (C=O) groups is 1. The molecule has 1 amide bonds. The van der Waals surface area contributed by atoms with Crippen LogP contribution in [-0.2, 0) is 4.74 Å². The van der Waals surface area contributed by atoms with Crippen LogP contribution in [-0.4, -0.2) is 36.8 Å². The fourth-order valence-corrected chi connectivity index (χ4v) is 2.59. The molecule has 2 rings (SSSR count). The molecule has 0 bridgehead atoms.